The van der Waals surface area contributed by atoms with E-state index in [1.165, 1.54) is 6.42 Å². The van der Waals surface area contributed by atoms with Gasteiger partial charge in [-0.3, -0.25) is 0 Å². The number of hydrogen-bond acceptors (Lipinski definition) is 3. The summed E-state index contributed by atoms with van der Waals surface area (Å²) in [5.74, 6) is 0. The summed E-state index contributed by atoms with van der Waals surface area (Å²) >= 11 is 3.25. The maximum Gasteiger partial charge on any atom is 0.0763 e. The highest BCUT2D eigenvalue weighted by molar-refractivity contribution is 9.09. The van der Waals surface area contributed by atoms with Crippen LogP contribution in [0.15, 0.2) is 0 Å². The molecule has 0 bridgehead atoms. The van der Waals surface area contributed by atoms with E-state index in [0.717, 1.165) is 19.6 Å². The zero-order valence-electron chi connectivity index (χ0n) is 8.08. The van der Waals surface area contributed by atoms with E-state index in [-0.39, 0.29) is 6.10 Å². The zero-order valence-corrected chi connectivity index (χ0v) is 9.66. The van der Waals surface area contributed by atoms with Gasteiger partial charge in [-0.1, -0.05) is 15.9 Å². The minimum atomic E-state index is -0.272. The Kier molecular flexibility index (Phi) is 5.24. The van der Waals surface area contributed by atoms with Crippen LogP contribution < -0.4 is 0 Å². The molecule has 1 aliphatic rings. The lowest BCUT2D eigenvalue weighted by molar-refractivity contribution is 0.0652. The first-order valence-electron chi connectivity index (χ1n) is 4.76. The highest BCUT2D eigenvalue weighted by atomic mass is 79.9. The number of ether oxygens (including phenoxy) is 1. The van der Waals surface area contributed by atoms with E-state index in [4.69, 9.17) is 4.74 Å². The molecule has 1 aliphatic heterocycles. The molecular formula is C9H18BrNO2. The van der Waals surface area contributed by atoms with E-state index >= 15 is 0 Å². The van der Waals surface area contributed by atoms with Crippen LogP contribution in [-0.2, 0) is 4.74 Å². The Hall–Kier alpha value is 0.360. The van der Waals surface area contributed by atoms with Crippen LogP contribution in [0.3, 0.4) is 0 Å². The van der Waals surface area contributed by atoms with Gasteiger partial charge < -0.3 is 14.7 Å². The Balaban J connectivity index is 2.12. The van der Waals surface area contributed by atoms with Crippen molar-refractivity contribution in [3.05, 3.63) is 0 Å². The van der Waals surface area contributed by atoms with Gasteiger partial charge in [-0.25, -0.2) is 0 Å². The molecule has 1 fully saturated rings. The van der Waals surface area contributed by atoms with Crippen molar-refractivity contribution in [1.82, 2.24) is 4.90 Å². The standard InChI is InChI=1S/C9H18BrNO2/c1-11(6-8(12)5-10)7-9-3-2-4-13-9/h8-9,12H,2-7H2,1H3. The first-order chi connectivity index (χ1) is 6.22. The molecule has 78 valence electrons. The Morgan fingerprint density at radius 1 is 1.69 bits per heavy atom. The van der Waals surface area contributed by atoms with Crippen molar-refractivity contribution in [1.29, 1.82) is 0 Å². The fourth-order valence-corrected chi connectivity index (χ4v) is 1.82. The monoisotopic (exact) mass is 251 g/mol. The van der Waals surface area contributed by atoms with Gasteiger partial charge in [-0.15, -0.1) is 0 Å². The molecular weight excluding hydrogens is 234 g/mol. The van der Waals surface area contributed by atoms with Crippen molar-refractivity contribution in [3.63, 3.8) is 0 Å². The molecule has 1 rings (SSSR count). The van der Waals surface area contributed by atoms with E-state index in [1.54, 1.807) is 0 Å². The Morgan fingerprint density at radius 3 is 3.00 bits per heavy atom. The third kappa shape index (κ3) is 4.40. The lowest BCUT2D eigenvalue weighted by atomic mass is 10.2. The second-order valence-electron chi connectivity index (χ2n) is 3.66. The molecule has 0 aliphatic carbocycles. The smallest absolute Gasteiger partial charge is 0.0763 e. The zero-order chi connectivity index (χ0) is 9.68. The quantitative estimate of drug-likeness (QED) is 0.736. The number of likely N-dealkylation sites (N-methyl/N-ethyl adjacent to an activating group) is 1. The number of aliphatic hydroxyl groups excluding tert-OH is 1. The van der Waals surface area contributed by atoms with Crippen LogP contribution in [0.1, 0.15) is 12.8 Å². The van der Waals surface area contributed by atoms with Gasteiger partial charge in [0.2, 0.25) is 0 Å². The van der Waals surface area contributed by atoms with Crippen molar-refractivity contribution in [3.8, 4) is 0 Å². The third-order valence-corrected chi connectivity index (χ3v) is 2.99. The number of hydrogen-bond donors (Lipinski definition) is 1. The second kappa shape index (κ2) is 5.96. The van der Waals surface area contributed by atoms with Crippen LogP contribution in [0.4, 0.5) is 0 Å². The summed E-state index contributed by atoms with van der Waals surface area (Å²) in [6.45, 7) is 2.55. The van der Waals surface area contributed by atoms with Gasteiger partial charge in [0, 0.05) is 25.0 Å². The summed E-state index contributed by atoms with van der Waals surface area (Å²) in [7, 11) is 2.02. The Bertz CT molecular complexity index is 140. The summed E-state index contributed by atoms with van der Waals surface area (Å²) in [6, 6.07) is 0. The largest absolute Gasteiger partial charge is 0.391 e. The van der Waals surface area contributed by atoms with Gasteiger partial charge in [0.1, 0.15) is 0 Å². The van der Waals surface area contributed by atoms with Crippen LogP contribution in [0.2, 0.25) is 0 Å². The SMILES string of the molecule is CN(CC(O)CBr)CC1CCCO1. The van der Waals surface area contributed by atoms with Crippen LogP contribution in [0.5, 0.6) is 0 Å². The van der Waals surface area contributed by atoms with E-state index in [9.17, 15) is 5.11 Å². The van der Waals surface area contributed by atoms with Crippen LogP contribution in [0, 0.1) is 0 Å². The molecule has 0 spiro atoms. The summed E-state index contributed by atoms with van der Waals surface area (Å²) in [5, 5.41) is 10.0. The average Bonchev–Trinajstić information content (AvgIpc) is 2.56. The van der Waals surface area contributed by atoms with Gasteiger partial charge >= 0.3 is 0 Å². The maximum atomic E-state index is 9.37. The van der Waals surface area contributed by atoms with Gasteiger partial charge in [-0.2, -0.15) is 0 Å². The van der Waals surface area contributed by atoms with E-state index in [2.05, 4.69) is 20.8 Å². The molecule has 2 atom stereocenters. The molecule has 3 nitrogen and oxygen atoms in total. The number of rotatable bonds is 5. The maximum absolute atomic E-state index is 9.37. The molecule has 2 unspecified atom stereocenters. The predicted molar refractivity (Wildman–Crippen MR) is 56.3 cm³/mol. The molecule has 0 aromatic carbocycles. The molecule has 0 aromatic rings. The second-order valence-corrected chi connectivity index (χ2v) is 4.31. The fraction of sp³-hybridized carbons (Fsp3) is 1.00. The van der Waals surface area contributed by atoms with Crippen molar-refractivity contribution in [2.75, 3.05) is 32.1 Å². The molecule has 13 heavy (non-hydrogen) atoms. The summed E-state index contributed by atoms with van der Waals surface area (Å²) in [5.41, 5.74) is 0. The lowest BCUT2D eigenvalue weighted by Gasteiger charge is -2.22. The Morgan fingerprint density at radius 2 is 2.46 bits per heavy atom. The van der Waals surface area contributed by atoms with Gasteiger partial charge in [0.05, 0.1) is 12.2 Å². The first-order valence-corrected chi connectivity index (χ1v) is 5.88. The van der Waals surface area contributed by atoms with Gasteiger partial charge in [0.15, 0.2) is 0 Å². The summed E-state index contributed by atoms with van der Waals surface area (Å²) < 4.78 is 5.50. The third-order valence-electron chi connectivity index (χ3n) is 2.24. The lowest BCUT2D eigenvalue weighted by Crippen LogP contribution is -2.35. The number of aliphatic hydroxyl groups is 1. The van der Waals surface area contributed by atoms with E-state index in [1.807, 2.05) is 7.05 Å². The molecule has 0 saturated carbocycles. The average molecular weight is 252 g/mol. The molecule has 1 saturated heterocycles. The van der Waals surface area contributed by atoms with Gasteiger partial charge in [0.25, 0.3) is 0 Å². The number of halogens is 1. The predicted octanol–water partition coefficient (Wildman–Crippen LogP) is 0.853. The normalized spacial score (nSPS) is 25.4. The number of alkyl halides is 1. The summed E-state index contributed by atoms with van der Waals surface area (Å²) in [6.07, 6.45) is 2.45. The number of nitrogens with zero attached hydrogens (tertiary/aromatic N) is 1. The molecule has 1 heterocycles. The topological polar surface area (TPSA) is 32.7 Å². The van der Waals surface area contributed by atoms with Crippen molar-refractivity contribution >= 4 is 15.9 Å². The Labute approximate surface area is 88.2 Å². The van der Waals surface area contributed by atoms with Crippen LogP contribution >= 0.6 is 15.9 Å². The van der Waals surface area contributed by atoms with Crippen LogP contribution in [0.25, 0.3) is 0 Å². The molecule has 4 heteroatoms. The highest BCUT2D eigenvalue weighted by Gasteiger charge is 2.18. The molecule has 0 radical (unpaired) electrons. The molecule has 1 N–H and O–H groups in total. The van der Waals surface area contributed by atoms with Gasteiger partial charge in [-0.05, 0) is 19.9 Å². The van der Waals surface area contributed by atoms with E-state index in [0.29, 0.717) is 18.0 Å². The minimum absolute atomic E-state index is 0.272. The fourth-order valence-electron chi connectivity index (χ4n) is 1.62. The first kappa shape index (κ1) is 11.4. The van der Waals surface area contributed by atoms with Crippen molar-refractivity contribution in [2.45, 2.75) is 25.0 Å². The van der Waals surface area contributed by atoms with E-state index < -0.39 is 0 Å². The van der Waals surface area contributed by atoms with Crippen LogP contribution in [-0.4, -0.2) is 54.3 Å². The minimum Gasteiger partial charge on any atom is -0.391 e. The summed E-state index contributed by atoms with van der Waals surface area (Å²) in [4.78, 5) is 2.13. The molecule has 0 amide bonds. The van der Waals surface area contributed by atoms with Crippen molar-refractivity contribution in [2.24, 2.45) is 0 Å². The highest BCUT2D eigenvalue weighted by Crippen LogP contribution is 2.12. The van der Waals surface area contributed by atoms with Crippen molar-refractivity contribution < 1.29 is 9.84 Å². The molecule has 0 aromatic heterocycles.